The average Bonchev–Trinajstić information content (AvgIpc) is 3.04. The molecule has 100 valence electrons. The van der Waals surface area contributed by atoms with Crippen LogP contribution in [0.25, 0.3) is 0 Å². The van der Waals surface area contributed by atoms with Crippen LogP contribution in [0.1, 0.15) is 32.6 Å². The van der Waals surface area contributed by atoms with Gasteiger partial charge in [0.15, 0.2) is 0 Å². The first-order valence-electron chi connectivity index (χ1n) is 7.21. The van der Waals surface area contributed by atoms with Crippen LogP contribution in [0.2, 0.25) is 0 Å². The summed E-state index contributed by atoms with van der Waals surface area (Å²) in [7, 11) is 2.23. The molecule has 0 radical (unpaired) electrons. The zero-order valence-electron chi connectivity index (χ0n) is 11.5. The lowest BCUT2D eigenvalue weighted by Crippen LogP contribution is -2.38. The molecule has 0 bridgehead atoms. The normalized spacial score (nSPS) is 29.1. The summed E-state index contributed by atoms with van der Waals surface area (Å²) in [4.78, 5) is 2.45. The number of hydrogen-bond donors (Lipinski definition) is 1. The van der Waals surface area contributed by atoms with Crippen LogP contribution in [-0.2, 0) is 4.74 Å². The molecular weight excluding hydrogens is 212 g/mol. The van der Waals surface area contributed by atoms with Crippen molar-refractivity contribution >= 4 is 0 Å². The number of nitrogens with one attached hydrogen (secondary N) is 1. The molecule has 0 aromatic rings. The summed E-state index contributed by atoms with van der Waals surface area (Å²) in [5.74, 6) is 0.890. The second-order valence-corrected chi connectivity index (χ2v) is 6.04. The number of likely N-dealkylation sites (N-methyl/N-ethyl adjacent to an activating group) is 1. The fraction of sp³-hybridized carbons (Fsp3) is 1.00. The molecule has 2 rings (SSSR count). The highest BCUT2D eigenvalue weighted by Crippen LogP contribution is 2.30. The lowest BCUT2D eigenvalue weighted by molar-refractivity contribution is 0.0886. The lowest BCUT2D eigenvalue weighted by Gasteiger charge is -2.32. The van der Waals surface area contributed by atoms with E-state index < -0.39 is 0 Å². The van der Waals surface area contributed by atoms with Crippen molar-refractivity contribution in [3.63, 3.8) is 0 Å². The third kappa shape index (κ3) is 4.23. The predicted octanol–water partition coefficient (Wildman–Crippen LogP) is 1.73. The molecule has 3 nitrogen and oxygen atoms in total. The molecule has 1 saturated heterocycles. The Hall–Kier alpha value is -0.120. The highest BCUT2D eigenvalue weighted by atomic mass is 16.5. The van der Waals surface area contributed by atoms with Crippen molar-refractivity contribution in [1.82, 2.24) is 10.2 Å². The van der Waals surface area contributed by atoms with E-state index in [1.807, 2.05) is 0 Å². The van der Waals surface area contributed by atoms with Gasteiger partial charge in [0.05, 0.1) is 6.61 Å². The monoisotopic (exact) mass is 240 g/mol. The van der Waals surface area contributed by atoms with Crippen molar-refractivity contribution in [3.8, 4) is 0 Å². The SMILES string of the molecule is CCC1(CN(C)CCOCC2CC2)CCNC1. The molecule has 0 aromatic heterocycles. The van der Waals surface area contributed by atoms with Crippen molar-refractivity contribution in [2.75, 3.05) is 46.4 Å². The fourth-order valence-electron chi connectivity index (χ4n) is 2.75. The van der Waals surface area contributed by atoms with E-state index in [1.54, 1.807) is 0 Å². The molecule has 17 heavy (non-hydrogen) atoms. The van der Waals surface area contributed by atoms with Crippen LogP contribution in [0, 0.1) is 11.3 Å². The Balaban J connectivity index is 1.59. The Morgan fingerprint density at radius 1 is 1.41 bits per heavy atom. The quantitative estimate of drug-likeness (QED) is 0.654. The number of ether oxygens (including phenoxy) is 1. The van der Waals surface area contributed by atoms with E-state index in [2.05, 4.69) is 24.2 Å². The molecule has 2 aliphatic rings. The molecule has 2 fully saturated rings. The minimum Gasteiger partial charge on any atom is -0.380 e. The highest BCUT2D eigenvalue weighted by Gasteiger charge is 2.32. The van der Waals surface area contributed by atoms with E-state index >= 15 is 0 Å². The average molecular weight is 240 g/mol. The summed E-state index contributed by atoms with van der Waals surface area (Å²) in [6.45, 7) is 8.90. The number of hydrogen-bond acceptors (Lipinski definition) is 3. The van der Waals surface area contributed by atoms with Crippen LogP contribution in [0.4, 0.5) is 0 Å². The van der Waals surface area contributed by atoms with Crippen LogP contribution in [0.3, 0.4) is 0 Å². The Morgan fingerprint density at radius 3 is 2.82 bits per heavy atom. The molecule has 3 heteroatoms. The maximum Gasteiger partial charge on any atom is 0.0593 e. The molecule has 0 spiro atoms. The molecule has 1 aliphatic heterocycles. The van der Waals surface area contributed by atoms with Crippen LogP contribution < -0.4 is 5.32 Å². The van der Waals surface area contributed by atoms with Gasteiger partial charge >= 0.3 is 0 Å². The van der Waals surface area contributed by atoms with Gasteiger partial charge in [0.25, 0.3) is 0 Å². The second kappa shape index (κ2) is 6.17. The van der Waals surface area contributed by atoms with E-state index in [4.69, 9.17) is 4.74 Å². The standard InChI is InChI=1S/C14H28N2O/c1-3-14(6-7-15-11-14)12-16(2)8-9-17-10-13-4-5-13/h13,15H,3-12H2,1-2H3. The third-order valence-corrected chi connectivity index (χ3v) is 4.36. The van der Waals surface area contributed by atoms with E-state index in [9.17, 15) is 0 Å². The molecule has 1 saturated carbocycles. The summed E-state index contributed by atoms with van der Waals surface area (Å²) in [6, 6.07) is 0. The molecule has 0 amide bonds. The van der Waals surface area contributed by atoms with Crippen LogP contribution in [0.15, 0.2) is 0 Å². The molecule has 1 N–H and O–H groups in total. The molecule has 1 heterocycles. The van der Waals surface area contributed by atoms with Crippen molar-refractivity contribution in [3.05, 3.63) is 0 Å². The number of rotatable bonds is 8. The Morgan fingerprint density at radius 2 is 2.24 bits per heavy atom. The zero-order chi connectivity index (χ0) is 12.1. The Kier molecular flexibility index (Phi) is 4.83. The lowest BCUT2D eigenvalue weighted by atomic mass is 9.84. The van der Waals surface area contributed by atoms with Gasteiger partial charge in [-0.25, -0.2) is 0 Å². The Labute approximate surface area is 106 Å². The van der Waals surface area contributed by atoms with Gasteiger partial charge < -0.3 is 15.0 Å². The maximum atomic E-state index is 5.70. The molecular formula is C14H28N2O. The van der Waals surface area contributed by atoms with Gasteiger partial charge in [0.1, 0.15) is 0 Å². The van der Waals surface area contributed by atoms with Gasteiger partial charge in [-0.2, -0.15) is 0 Å². The molecule has 1 unspecified atom stereocenters. The van der Waals surface area contributed by atoms with Gasteiger partial charge in [-0.1, -0.05) is 6.92 Å². The van der Waals surface area contributed by atoms with Crippen molar-refractivity contribution in [2.24, 2.45) is 11.3 Å². The van der Waals surface area contributed by atoms with E-state index in [0.29, 0.717) is 5.41 Å². The van der Waals surface area contributed by atoms with Gasteiger partial charge in [-0.3, -0.25) is 0 Å². The van der Waals surface area contributed by atoms with Crippen LogP contribution in [0.5, 0.6) is 0 Å². The van der Waals surface area contributed by atoms with Crippen molar-refractivity contribution in [1.29, 1.82) is 0 Å². The predicted molar refractivity (Wildman–Crippen MR) is 71.3 cm³/mol. The molecule has 1 aliphatic carbocycles. The number of nitrogens with zero attached hydrogens (tertiary/aromatic N) is 1. The highest BCUT2D eigenvalue weighted by molar-refractivity contribution is 4.88. The fourth-order valence-corrected chi connectivity index (χ4v) is 2.75. The third-order valence-electron chi connectivity index (χ3n) is 4.36. The maximum absolute atomic E-state index is 5.70. The van der Waals surface area contributed by atoms with E-state index in [1.165, 1.54) is 45.3 Å². The summed E-state index contributed by atoms with van der Waals surface area (Å²) in [5, 5.41) is 3.50. The van der Waals surface area contributed by atoms with E-state index in [-0.39, 0.29) is 0 Å². The zero-order valence-corrected chi connectivity index (χ0v) is 11.5. The van der Waals surface area contributed by atoms with Crippen molar-refractivity contribution < 1.29 is 4.74 Å². The Bertz CT molecular complexity index is 222. The first kappa shape index (κ1) is 13.3. The van der Waals surface area contributed by atoms with Crippen LogP contribution >= 0.6 is 0 Å². The molecule has 0 aromatic carbocycles. The first-order chi connectivity index (χ1) is 8.24. The smallest absolute Gasteiger partial charge is 0.0593 e. The largest absolute Gasteiger partial charge is 0.380 e. The molecule has 1 atom stereocenters. The summed E-state index contributed by atoms with van der Waals surface area (Å²) in [5.41, 5.74) is 0.519. The van der Waals surface area contributed by atoms with Gasteiger partial charge in [0.2, 0.25) is 0 Å². The summed E-state index contributed by atoms with van der Waals surface area (Å²) < 4.78 is 5.70. The van der Waals surface area contributed by atoms with Gasteiger partial charge in [-0.15, -0.1) is 0 Å². The minimum absolute atomic E-state index is 0.519. The minimum atomic E-state index is 0.519. The summed E-state index contributed by atoms with van der Waals surface area (Å²) in [6.07, 6.45) is 5.39. The topological polar surface area (TPSA) is 24.5 Å². The van der Waals surface area contributed by atoms with E-state index in [0.717, 1.165) is 25.7 Å². The van der Waals surface area contributed by atoms with Crippen molar-refractivity contribution in [2.45, 2.75) is 32.6 Å². The first-order valence-corrected chi connectivity index (χ1v) is 7.21. The van der Waals surface area contributed by atoms with Gasteiger partial charge in [-0.05, 0) is 50.6 Å². The second-order valence-electron chi connectivity index (χ2n) is 6.04. The summed E-state index contributed by atoms with van der Waals surface area (Å²) >= 11 is 0. The van der Waals surface area contributed by atoms with Gasteiger partial charge in [0, 0.05) is 26.2 Å². The van der Waals surface area contributed by atoms with Crippen LogP contribution in [-0.4, -0.2) is 51.3 Å².